The smallest absolute Gasteiger partial charge is 0.150 e. The molecule has 35 heavy (non-hydrogen) atoms. The highest BCUT2D eigenvalue weighted by molar-refractivity contribution is 8.01. The molecule has 6 heteroatoms. The fourth-order valence-electron chi connectivity index (χ4n) is 4.57. The van der Waals surface area contributed by atoms with Crippen LogP contribution in [0, 0.1) is 0 Å². The summed E-state index contributed by atoms with van der Waals surface area (Å²) in [5.74, 6) is 0.763. The van der Waals surface area contributed by atoms with E-state index in [-0.39, 0.29) is 0 Å². The number of fused-ring (bicyclic) bond motifs is 3. The van der Waals surface area contributed by atoms with Crippen LogP contribution in [0.2, 0.25) is 0 Å². The minimum absolute atomic E-state index is 0.354. The minimum Gasteiger partial charge on any atom is -0.546 e. The van der Waals surface area contributed by atoms with E-state index in [1.54, 1.807) is 18.3 Å². The van der Waals surface area contributed by atoms with Crippen LogP contribution in [0.5, 0.6) is 5.75 Å². The number of nitrogens with zero attached hydrogens (tertiary/aromatic N) is 1. The Kier molecular flexibility index (Phi) is 7.21. The molecule has 0 bridgehead atoms. The normalized spacial score (nSPS) is 12.9. The lowest BCUT2D eigenvalue weighted by molar-refractivity contribution is -0.313. The third kappa shape index (κ3) is 5.14. The molecule has 4 nitrogen and oxygen atoms in total. The summed E-state index contributed by atoms with van der Waals surface area (Å²) in [5, 5.41) is 11.3. The van der Waals surface area contributed by atoms with E-state index >= 15 is 0 Å². The number of rotatable bonds is 10. The quantitative estimate of drug-likeness (QED) is 0.222. The molecule has 1 aromatic heterocycles. The first-order valence-corrected chi connectivity index (χ1v) is 13.7. The zero-order valence-corrected chi connectivity index (χ0v) is 21.1. The largest absolute Gasteiger partial charge is 0.546 e. The van der Waals surface area contributed by atoms with Gasteiger partial charge >= 0.3 is 0 Å². The number of carbonyl (C=O) groups excluding carboxylic acids is 1. The Morgan fingerprint density at radius 2 is 1.71 bits per heavy atom. The molecule has 1 aliphatic rings. The molecule has 1 aliphatic carbocycles. The van der Waals surface area contributed by atoms with Gasteiger partial charge in [-0.1, -0.05) is 91.5 Å². The molecule has 0 aliphatic heterocycles. The van der Waals surface area contributed by atoms with Gasteiger partial charge in [0, 0.05) is 34.1 Å². The second kappa shape index (κ2) is 10.7. The number of ether oxygens (including phenoxy) is 1. The molecule has 1 atom stereocenters. The van der Waals surface area contributed by atoms with Gasteiger partial charge in [-0.3, -0.25) is 0 Å². The summed E-state index contributed by atoms with van der Waals surface area (Å²) in [7, 11) is 0. The molecule has 1 unspecified atom stereocenters. The van der Waals surface area contributed by atoms with Crippen molar-refractivity contribution in [1.29, 1.82) is 0 Å². The molecule has 4 aromatic rings. The van der Waals surface area contributed by atoms with Gasteiger partial charge in [-0.2, -0.15) is 0 Å². The molecule has 0 fully saturated rings. The fourth-order valence-corrected chi connectivity index (χ4v) is 6.86. The number of hydrogen-bond acceptors (Lipinski definition) is 6. The Morgan fingerprint density at radius 3 is 2.34 bits per heavy atom. The van der Waals surface area contributed by atoms with Crippen molar-refractivity contribution in [2.75, 3.05) is 5.75 Å². The number of carbonyl (C=O) groups is 1. The molecule has 0 N–H and O–H groups in total. The summed E-state index contributed by atoms with van der Waals surface area (Å²) in [6, 6.07) is 27.2. The fraction of sp³-hybridized carbons (Fsp3) is 0.241. The van der Waals surface area contributed by atoms with E-state index in [1.807, 2.05) is 30.0 Å². The van der Waals surface area contributed by atoms with Crippen molar-refractivity contribution in [1.82, 2.24) is 4.98 Å². The van der Waals surface area contributed by atoms with Crippen LogP contribution in [0.1, 0.15) is 47.3 Å². The summed E-state index contributed by atoms with van der Waals surface area (Å²) in [4.78, 5) is 17.5. The first-order chi connectivity index (χ1) is 17.1. The predicted molar refractivity (Wildman–Crippen MR) is 140 cm³/mol. The maximum absolute atomic E-state index is 11.3. The number of benzene rings is 3. The van der Waals surface area contributed by atoms with Gasteiger partial charge in [0.15, 0.2) is 4.34 Å². The first kappa shape index (κ1) is 23.6. The van der Waals surface area contributed by atoms with Crippen LogP contribution in [0.25, 0.3) is 11.3 Å². The Hall–Kier alpha value is -3.09. The number of aliphatic carboxylic acids is 1. The highest BCUT2D eigenvalue weighted by atomic mass is 32.2. The molecule has 1 heterocycles. The highest BCUT2D eigenvalue weighted by Gasteiger charge is 2.27. The number of thioether (sulfide) groups is 1. The third-order valence-corrected chi connectivity index (χ3v) is 8.57. The van der Waals surface area contributed by atoms with Crippen molar-refractivity contribution in [3.05, 3.63) is 100 Å². The third-order valence-electron chi connectivity index (χ3n) is 6.34. The number of aromatic nitrogens is 1. The maximum Gasteiger partial charge on any atom is 0.150 e. The summed E-state index contributed by atoms with van der Waals surface area (Å²) in [6.07, 6.45) is 1.17. The second-order valence-electron chi connectivity index (χ2n) is 8.56. The average Bonchev–Trinajstić information content (AvgIpc) is 3.44. The van der Waals surface area contributed by atoms with Gasteiger partial charge < -0.3 is 14.6 Å². The summed E-state index contributed by atoms with van der Waals surface area (Å²) >= 11 is 3.54. The van der Waals surface area contributed by atoms with Gasteiger partial charge in [0.1, 0.15) is 11.9 Å². The SMILES string of the molecule is CCC(Oc1cccc2c1Cc1sc(SCCC(c3ccccc3)c3ccccc3)nc1-2)C(=O)[O-]. The average molecular weight is 501 g/mol. The van der Waals surface area contributed by atoms with E-state index in [0.717, 1.165) is 39.8 Å². The molecule has 5 rings (SSSR count). The predicted octanol–water partition coefficient (Wildman–Crippen LogP) is 5.94. The summed E-state index contributed by atoms with van der Waals surface area (Å²) in [6.45, 7) is 1.78. The van der Waals surface area contributed by atoms with Gasteiger partial charge in [0.2, 0.25) is 0 Å². The molecule has 3 aromatic carbocycles. The topological polar surface area (TPSA) is 62.2 Å². The van der Waals surface area contributed by atoms with Gasteiger partial charge in [-0.05, 0) is 30.0 Å². The van der Waals surface area contributed by atoms with Crippen LogP contribution >= 0.6 is 23.1 Å². The van der Waals surface area contributed by atoms with Crippen molar-refractivity contribution >= 4 is 29.1 Å². The molecule has 0 radical (unpaired) electrons. The van der Waals surface area contributed by atoms with E-state index in [4.69, 9.17) is 9.72 Å². The Labute approximate surface area is 214 Å². The van der Waals surface area contributed by atoms with Gasteiger partial charge in [-0.25, -0.2) is 4.98 Å². The van der Waals surface area contributed by atoms with E-state index < -0.39 is 12.1 Å². The summed E-state index contributed by atoms with van der Waals surface area (Å²) in [5.41, 5.74) is 5.74. The molecular weight excluding hydrogens is 474 g/mol. The van der Waals surface area contributed by atoms with Crippen LogP contribution in [0.3, 0.4) is 0 Å². The molecule has 0 spiro atoms. The number of thiazole rings is 1. The minimum atomic E-state index is -1.18. The van der Waals surface area contributed by atoms with E-state index in [1.165, 1.54) is 16.0 Å². The highest BCUT2D eigenvalue weighted by Crippen LogP contribution is 2.45. The van der Waals surface area contributed by atoms with Crippen LogP contribution in [0.4, 0.5) is 0 Å². The van der Waals surface area contributed by atoms with E-state index in [2.05, 4.69) is 60.7 Å². The number of hydrogen-bond donors (Lipinski definition) is 0. The maximum atomic E-state index is 11.3. The summed E-state index contributed by atoms with van der Waals surface area (Å²) < 4.78 is 6.86. The van der Waals surface area contributed by atoms with E-state index in [0.29, 0.717) is 18.1 Å². The molecular formula is C29H26NO3S2-. The molecule has 178 valence electrons. The van der Waals surface area contributed by atoms with Crippen LogP contribution in [-0.4, -0.2) is 22.8 Å². The monoisotopic (exact) mass is 500 g/mol. The van der Waals surface area contributed by atoms with Crippen molar-refractivity contribution in [2.24, 2.45) is 0 Å². The zero-order chi connectivity index (χ0) is 24.2. The van der Waals surface area contributed by atoms with Gasteiger partial charge in [-0.15, -0.1) is 11.3 Å². The standard InChI is InChI=1S/C29H27NO3S2/c1-2-24(28(31)32)33-25-15-9-14-22-23(25)18-26-27(22)30-29(35-26)34-17-16-21(19-10-5-3-6-11-19)20-12-7-4-8-13-20/h3-15,21,24H,2,16-18H2,1H3,(H,31,32)/p-1. The van der Waals surface area contributed by atoms with Gasteiger partial charge in [0.25, 0.3) is 0 Å². The van der Waals surface area contributed by atoms with Crippen LogP contribution in [0.15, 0.2) is 83.2 Å². The van der Waals surface area contributed by atoms with Crippen LogP contribution < -0.4 is 9.84 Å². The zero-order valence-electron chi connectivity index (χ0n) is 19.5. The number of carboxylic acids is 1. The van der Waals surface area contributed by atoms with Crippen molar-refractivity contribution < 1.29 is 14.6 Å². The Morgan fingerprint density at radius 1 is 1.03 bits per heavy atom. The molecule has 0 saturated carbocycles. The van der Waals surface area contributed by atoms with E-state index in [9.17, 15) is 9.90 Å². The van der Waals surface area contributed by atoms with Gasteiger partial charge in [0.05, 0.1) is 11.7 Å². The van der Waals surface area contributed by atoms with Crippen molar-refractivity contribution in [2.45, 2.75) is 42.5 Å². The lowest BCUT2D eigenvalue weighted by Gasteiger charge is -2.20. The number of carboxylic acid groups (broad SMARTS) is 1. The van der Waals surface area contributed by atoms with Crippen LogP contribution in [-0.2, 0) is 11.2 Å². The molecule has 0 amide bonds. The van der Waals surface area contributed by atoms with Crippen molar-refractivity contribution in [3.63, 3.8) is 0 Å². The molecule has 0 saturated heterocycles. The first-order valence-electron chi connectivity index (χ1n) is 11.9. The lowest BCUT2D eigenvalue weighted by Crippen LogP contribution is -2.39. The Bertz CT molecular complexity index is 1260. The second-order valence-corrected chi connectivity index (χ2v) is 11.0. The Balaban J connectivity index is 1.29. The lowest BCUT2D eigenvalue weighted by atomic mass is 9.89. The van der Waals surface area contributed by atoms with Crippen molar-refractivity contribution in [3.8, 4) is 17.0 Å².